The maximum atomic E-state index is 5.06. The molecule has 0 aromatic carbocycles. The number of aryl methyl sites for hydroxylation is 1. The van der Waals surface area contributed by atoms with Crippen LogP contribution in [0.3, 0.4) is 0 Å². The van der Waals surface area contributed by atoms with Crippen molar-refractivity contribution in [1.82, 2.24) is 30.5 Å². The summed E-state index contributed by atoms with van der Waals surface area (Å²) in [5.41, 5.74) is 0.635. The van der Waals surface area contributed by atoms with Gasteiger partial charge in [-0.25, -0.2) is 4.68 Å². The molecule has 0 amide bonds. The average Bonchev–Trinajstić information content (AvgIpc) is 2.98. The standard InChI is InChI=1S/C10H14N6O/c1-7-12-10(17-14-7)9-6-16(15-13-9)8-3-2-4-11-5-8/h6,8,11H,2-5H2,1H3/t8-/m0/s1. The quantitative estimate of drug-likeness (QED) is 0.817. The van der Waals surface area contributed by atoms with Crippen LogP contribution < -0.4 is 5.32 Å². The molecule has 1 saturated heterocycles. The number of piperidine rings is 1. The highest BCUT2D eigenvalue weighted by molar-refractivity contribution is 5.43. The topological polar surface area (TPSA) is 81.7 Å². The number of aromatic nitrogens is 5. The van der Waals surface area contributed by atoms with E-state index in [1.54, 1.807) is 6.92 Å². The minimum atomic E-state index is 0.369. The highest BCUT2D eigenvalue weighted by atomic mass is 16.5. The molecule has 7 nitrogen and oxygen atoms in total. The molecule has 1 aliphatic heterocycles. The summed E-state index contributed by atoms with van der Waals surface area (Å²) < 4.78 is 6.93. The van der Waals surface area contributed by atoms with E-state index in [1.807, 2.05) is 10.9 Å². The summed E-state index contributed by atoms with van der Waals surface area (Å²) in [6.45, 7) is 3.80. The van der Waals surface area contributed by atoms with Crippen LogP contribution >= 0.6 is 0 Å². The van der Waals surface area contributed by atoms with Crippen LogP contribution in [-0.2, 0) is 0 Å². The second kappa shape index (κ2) is 4.25. The van der Waals surface area contributed by atoms with Crippen LogP contribution in [-0.4, -0.2) is 38.2 Å². The molecule has 0 radical (unpaired) electrons. The summed E-state index contributed by atoms with van der Waals surface area (Å²) in [4.78, 5) is 4.13. The van der Waals surface area contributed by atoms with Crippen molar-refractivity contribution in [3.63, 3.8) is 0 Å². The Bertz CT molecular complexity index is 498. The van der Waals surface area contributed by atoms with Crippen molar-refractivity contribution < 1.29 is 4.52 Å². The zero-order valence-corrected chi connectivity index (χ0v) is 9.63. The van der Waals surface area contributed by atoms with Gasteiger partial charge < -0.3 is 9.84 Å². The third-order valence-electron chi connectivity index (χ3n) is 2.90. The Morgan fingerprint density at radius 2 is 2.47 bits per heavy atom. The SMILES string of the molecule is Cc1noc(-c2cn([C@H]3CCCNC3)nn2)n1. The highest BCUT2D eigenvalue weighted by Crippen LogP contribution is 2.19. The first-order valence-corrected chi connectivity index (χ1v) is 5.76. The first-order valence-electron chi connectivity index (χ1n) is 5.76. The molecule has 1 N–H and O–H groups in total. The Labute approximate surface area is 98.2 Å². The number of hydrogen-bond donors (Lipinski definition) is 1. The Hall–Kier alpha value is -1.76. The molecule has 2 aromatic heterocycles. The summed E-state index contributed by atoms with van der Waals surface area (Å²) >= 11 is 0. The smallest absolute Gasteiger partial charge is 0.280 e. The maximum Gasteiger partial charge on any atom is 0.280 e. The lowest BCUT2D eigenvalue weighted by Gasteiger charge is -2.22. The molecule has 2 aromatic rings. The number of nitrogens with one attached hydrogen (secondary N) is 1. The van der Waals surface area contributed by atoms with Crippen molar-refractivity contribution in [2.75, 3.05) is 13.1 Å². The second-order valence-electron chi connectivity index (χ2n) is 4.23. The molecule has 0 saturated carbocycles. The lowest BCUT2D eigenvalue weighted by atomic mass is 10.1. The Balaban J connectivity index is 1.82. The maximum absolute atomic E-state index is 5.06. The molecule has 1 atom stereocenters. The molecule has 0 bridgehead atoms. The summed E-state index contributed by atoms with van der Waals surface area (Å²) in [7, 11) is 0. The minimum Gasteiger partial charge on any atom is -0.332 e. The molecule has 90 valence electrons. The molecule has 17 heavy (non-hydrogen) atoms. The van der Waals surface area contributed by atoms with Gasteiger partial charge in [-0.2, -0.15) is 4.98 Å². The van der Waals surface area contributed by atoms with Crippen molar-refractivity contribution in [1.29, 1.82) is 0 Å². The first kappa shape index (κ1) is 10.4. The van der Waals surface area contributed by atoms with Crippen LogP contribution in [0, 0.1) is 6.92 Å². The summed E-state index contributed by atoms with van der Waals surface area (Å²) in [5, 5.41) is 15.3. The van der Waals surface area contributed by atoms with E-state index >= 15 is 0 Å². The van der Waals surface area contributed by atoms with Crippen LogP contribution in [0.2, 0.25) is 0 Å². The van der Waals surface area contributed by atoms with E-state index in [9.17, 15) is 0 Å². The third-order valence-corrected chi connectivity index (χ3v) is 2.90. The number of rotatable bonds is 2. The normalized spacial score (nSPS) is 20.6. The monoisotopic (exact) mass is 234 g/mol. The Kier molecular flexibility index (Phi) is 2.60. The number of hydrogen-bond acceptors (Lipinski definition) is 6. The molecule has 7 heteroatoms. The van der Waals surface area contributed by atoms with Crippen molar-refractivity contribution in [2.45, 2.75) is 25.8 Å². The van der Waals surface area contributed by atoms with Crippen molar-refractivity contribution in [2.24, 2.45) is 0 Å². The molecular formula is C10H14N6O. The molecule has 0 spiro atoms. The van der Waals surface area contributed by atoms with E-state index in [-0.39, 0.29) is 0 Å². The van der Waals surface area contributed by atoms with Gasteiger partial charge in [-0.3, -0.25) is 0 Å². The van der Waals surface area contributed by atoms with Crippen LogP contribution in [0.15, 0.2) is 10.7 Å². The lowest BCUT2D eigenvalue weighted by molar-refractivity contribution is 0.341. The van der Waals surface area contributed by atoms with Gasteiger partial charge in [-0.15, -0.1) is 5.10 Å². The minimum absolute atomic E-state index is 0.369. The van der Waals surface area contributed by atoms with E-state index < -0.39 is 0 Å². The van der Waals surface area contributed by atoms with E-state index in [4.69, 9.17) is 4.52 Å². The van der Waals surface area contributed by atoms with E-state index in [1.165, 1.54) is 6.42 Å². The van der Waals surface area contributed by atoms with Crippen molar-refractivity contribution >= 4 is 0 Å². The summed E-state index contributed by atoms with van der Waals surface area (Å²) in [6, 6.07) is 0.369. The van der Waals surface area contributed by atoms with Crippen LogP contribution in [0.5, 0.6) is 0 Å². The zero-order chi connectivity index (χ0) is 11.7. The Morgan fingerprint density at radius 1 is 1.53 bits per heavy atom. The molecule has 3 heterocycles. The predicted molar refractivity (Wildman–Crippen MR) is 59.2 cm³/mol. The summed E-state index contributed by atoms with van der Waals surface area (Å²) in [5.74, 6) is 1.03. The van der Waals surface area contributed by atoms with Gasteiger partial charge in [0.2, 0.25) is 0 Å². The molecule has 1 fully saturated rings. The largest absolute Gasteiger partial charge is 0.332 e. The van der Waals surface area contributed by atoms with Gasteiger partial charge in [0.05, 0.1) is 12.2 Å². The predicted octanol–water partition coefficient (Wildman–Crippen LogP) is 0.561. The first-order chi connectivity index (χ1) is 8.33. The fraction of sp³-hybridized carbons (Fsp3) is 0.600. The fourth-order valence-corrected chi connectivity index (χ4v) is 2.01. The van der Waals surface area contributed by atoms with Crippen LogP contribution in [0.1, 0.15) is 24.7 Å². The Morgan fingerprint density at radius 3 is 3.18 bits per heavy atom. The van der Waals surface area contributed by atoms with Gasteiger partial charge in [0, 0.05) is 6.54 Å². The molecular weight excluding hydrogens is 220 g/mol. The molecule has 0 unspecified atom stereocenters. The van der Waals surface area contributed by atoms with E-state index in [0.29, 0.717) is 23.5 Å². The molecule has 1 aliphatic rings. The second-order valence-corrected chi connectivity index (χ2v) is 4.23. The van der Waals surface area contributed by atoms with E-state index in [0.717, 1.165) is 19.5 Å². The lowest BCUT2D eigenvalue weighted by Crippen LogP contribution is -2.31. The van der Waals surface area contributed by atoms with Gasteiger partial charge in [-0.05, 0) is 26.3 Å². The fourth-order valence-electron chi connectivity index (χ4n) is 2.01. The zero-order valence-electron chi connectivity index (χ0n) is 9.63. The van der Waals surface area contributed by atoms with E-state index in [2.05, 4.69) is 25.8 Å². The van der Waals surface area contributed by atoms with Gasteiger partial charge >= 0.3 is 0 Å². The van der Waals surface area contributed by atoms with Gasteiger partial charge in [0.1, 0.15) is 0 Å². The third kappa shape index (κ3) is 2.05. The summed E-state index contributed by atoms with van der Waals surface area (Å²) in [6.07, 6.45) is 4.16. The number of nitrogens with zero attached hydrogens (tertiary/aromatic N) is 5. The van der Waals surface area contributed by atoms with Crippen molar-refractivity contribution in [3.8, 4) is 11.6 Å². The molecule has 3 rings (SSSR count). The molecule has 0 aliphatic carbocycles. The van der Waals surface area contributed by atoms with Gasteiger partial charge in [-0.1, -0.05) is 10.4 Å². The van der Waals surface area contributed by atoms with Crippen LogP contribution in [0.4, 0.5) is 0 Å². The van der Waals surface area contributed by atoms with Gasteiger partial charge in [0.15, 0.2) is 11.5 Å². The highest BCUT2D eigenvalue weighted by Gasteiger charge is 2.18. The average molecular weight is 234 g/mol. The van der Waals surface area contributed by atoms with Crippen molar-refractivity contribution in [3.05, 3.63) is 12.0 Å². The van der Waals surface area contributed by atoms with Gasteiger partial charge in [0.25, 0.3) is 5.89 Å². The van der Waals surface area contributed by atoms with Crippen LogP contribution in [0.25, 0.3) is 11.6 Å².